The molecule has 0 fully saturated rings. The summed E-state index contributed by atoms with van der Waals surface area (Å²) in [4.78, 5) is 0. The highest BCUT2D eigenvalue weighted by molar-refractivity contribution is 4.73. The van der Waals surface area contributed by atoms with Gasteiger partial charge < -0.3 is 22.9 Å². The molecule has 0 aromatic heterocycles. The van der Waals surface area contributed by atoms with E-state index in [1.54, 1.807) is 0 Å². The zero-order valence-corrected chi connectivity index (χ0v) is 12.3. The van der Waals surface area contributed by atoms with Gasteiger partial charge in [-0.05, 0) is 69.1 Å². The van der Waals surface area contributed by atoms with E-state index in [0.29, 0.717) is 23.7 Å². The van der Waals surface area contributed by atoms with Gasteiger partial charge in [-0.25, -0.2) is 0 Å². The fraction of sp³-hybridized carbons (Fsp3) is 1.00. The number of hydrogen-bond donors (Lipinski definition) is 4. The Balaban J connectivity index is 4.21. The zero-order valence-electron chi connectivity index (χ0n) is 12.3. The van der Waals surface area contributed by atoms with Crippen molar-refractivity contribution in [3.05, 3.63) is 0 Å². The molecule has 4 atom stereocenters. The highest BCUT2D eigenvalue weighted by Crippen LogP contribution is 2.24. The first kappa shape index (κ1) is 17.8. The first-order chi connectivity index (χ1) is 8.60. The van der Waals surface area contributed by atoms with Crippen LogP contribution in [0.25, 0.3) is 0 Å². The molecule has 110 valence electrons. The van der Waals surface area contributed by atoms with E-state index in [1.807, 2.05) is 0 Å². The lowest BCUT2D eigenvalue weighted by molar-refractivity contribution is 0.281. The van der Waals surface area contributed by atoms with Crippen LogP contribution in [0.1, 0.15) is 39.5 Å². The Bertz CT molecular complexity index is 183. The predicted octanol–water partition coefficient (Wildman–Crippen LogP) is 0.886. The minimum absolute atomic E-state index is 0.549. The molecule has 0 saturated carbocycles. The van der Waals surface area contributed by atoms with E-state index < -0.39 is 0 Å². The van der Waals surface area contributed by atoms with Crippen LogP contribution >= 0.6 is 0 Å². The molecule has 0 aromatic rings. The molecule has 0 rings (SSSR count). The molecule has 0 aliphatic rings. The lowest BCUT2D eigenvalue weighted by Crippen LogP contribution is -2.28. The summed E-state index contributed by atoms with van der Waals surface area (Å²) < 4.78 is 0. The van der Waals surface area contributed by atoms with Crippen LogP contribution in [0.2, 0.25) is 0 Å². The Labute approximate surface area is 113 Å². The molecule has 4 nitrogen and oxygen atoms in total. The maximum atomic E-state index is 5.89. The monoisotopic (exact) mass is 258 g/mol. The minimum Gasteiger partial charge on any atom is -0.330 e. The molecule has 4 heteroatoms. The van der Waals surface area contributed by atoms with Crippen LogP contribution in [0.4, 0.5) is 0 Å². The lowest BCUT2D eigenvalue weighted by Gasteiger charge is -2.26. The van der Waals surface area contributed by atoms with Crippen LogP contribution in [0.5, 0.6) is 0 Å². The summed E-state index contributed by atoms with van der Waals surface area (Å²) in [6.45, 7) is 7.37. The normalized spacial score (nSPS) is 18.3. The Hall–Kier alpha value is -0.160. The van der Waals surface area contributed by atoms with Crippen LogP contribution in [0, 0.1) is 23.7 Å². The van der Waals surface area contributed by atoms with E-state index >= 15 is 0 Å². The zero-order chi connectivity index (χ0) is 14.0. The van der Waals surface area contributed by atoms with E-state index in [4.69, 9.17) is 22.9 Å². The van der Waals surface area contributed by atoms with Crippen LogP contribution in [-0.4, -0.2) is 26.2 Å². The third kappa shape index (κ3) is 7.31. The summed E-state index contributed by atoms with van der Waals surface area (Å²) in [6.07, 6.45) is 4.51. The van der Waals surface area contributed by atoms with Crippen LogP contribution in [0.15, 0.2) is 0 Å². The topological polar surface area (TPSA) is 104 Å². The van der Waals surface area contributed by atoms with Gasteiger partial charge in [0.15, 0.2) is 0 Å². The van der Waals surface area contributed by atoms with Crippen LogP contribution in [0.3, 0.4) is 0 Å². The SMILES string of the molecule is CCC(CN)CC(CN)CC(CN)CC(C)CN. The largest absolute Gasteiger partial charge is 0.330 e. The van der Waals surface area contributed by atoms with Crippen molar-refractivity contribution in [1.82, 2.24) is 0 Å². The molecule has 0 aliphatic heterocycles. The summed E-state index contributed by atoms with van der Waals surface area (Å²) in [5, 5.41) is 0. The van der Waals surface area contributed by atoms with Gasteiger partial charge in [0.25, 0.3) is 0 Å². The molecule has 0 heterocycles. The van der Waals surface area contributed by atoms with E-state index in [9.17, 15) is 0 Å². The Morgan fingerprint density at radius 1 is 0.667 bits per heavy atom. The van der Waals surface area contributed by atoms with Crippen molar-refractivity contribution in [3.63, 3.8) is 0 Å². The number of hydrogen-bond acceptors (Lipinski definition) is 4. The molecule has 0 saturated heterocycles. The second kappa shape index (κ2) is 10.7. The predicted molar refractivity (Wildman–Crippen MR) is 80.0 cm³/mol. The molecule has 0 bridgehead atoms. The van der Waals surface area contributed by atoms with Crippen LogP contribution in [-0.2, 0) is 0 Å². The molecule has 0 amide bonds. The molecule has 0 aliphatic carbocycles. The van der Waals surface area contributed by atoms with Gasteiger partial charge in [-0.15, -0.1) is 0 Å². The smallest absolute Gasteiger partial charge is 0.00486 e. The minimum atomic E-state index is 0.549. The fourth-order valence-corrected chi connectivity index (χ4v) is 2.61. The summed E-state index contributed by atoms with van der Waals surface area (Å²) in [5.41, 5.74) is 23.2. The molecule has 4 unspecified atom stereocenters. The van der Waals surface area contributed by atoms with Crippen LogP contribution < -0.4 is 22.9 Å². The lowest BCUT2D eigenvalue weighted by atomic mass is 9.83. The maximum absolute atomic E-state index is 5.89. The van der Waals surface area contributed by atoms with E-state index in [0.717, 1.165) is 51.9 Å². The second-order valence-corrected chi connectivity index (χ2v) is 5.76. The van der Waals surface area contributed by atoms with Crippen molar-refractivity contribution in [2.45, 2.75) is 39.5 Å². The van der Waals surface area contributed by atoms with Crippen molar-refractivity contribution >= 4 is 0 Å². The molecule has 0 spiro atoms. The van der Waals surface area contributed by atoms with Gasteiger partial charge in [-0.3, -0.25) is 0 Å². The Morgan fingerprint density at radius 2 is 1.11 bits per heavy atom. The highest BCUT2D eigenvalue weighted by Gasteiger charge is 2.19. The van der Waals surface area contributed by atoms with Crippen molar-refractivity contribution in [3.8, 4) is 0 Å². The van der Waals surface area contributed by atoms with E-state index in [2.05, 4.69) is 13.8 Å². The summed E-state index contributed by atoms with van der Waals surface area (Å²) in [7, 11) is 0. The van der Waals surface area contributed by atoms with Gasteiger partial charge in [-0.2, -0.15) is 0 Å². The Morgan fingerprint density at radius 3 is 1.50 bits per heavy atom. The first-order valence-electron chi connectivity index (χ1n) is 7.41. The molecule has 18 heavy (non-hydrogen) atoms. The molecule has 0 radical (unpaired) electrons. The average Bonchev–Trinajstić information content (AvgIpc) is 2.41. The van der Waals surface area contributed by atoms with Gasteiger partial charge in [0.2, 0.25) is 0 Å². The molecule has 0 aromatic carbocycles. The van der Waals surface area contributed by atoms with Crippen molar-refractivity contribution in [1.29, 1.82) is 0 Å². The third-order valence-electron chi connectivity index (χ3n) is 4.05. The van der Waals surface area contributed by atoms with Gasteiger partial charge in [0.05, 0.1) is 0 Å². The molecular weight excluding hydrogens is 224 g/mol. The quantitative estimate of drug-likeness (QED) is 0.442. The highest BCUT2D eigenvalue weighted by atomic mass is 14.6. The van der Waals surface area contributed by atoms with Crippen molar-refractivity contribution in [2.75, 3.05) is 26.2 Å². The summed E-state index contributed by atoms with van der Waals surface area (Å²) in [5.74, 6) is 2.25. The van der Waals surface area contributed by atoms with E-state index in [1.165, 1.54) is 0 Å². The van der Waals surface area contributed by atoms with Gasteiger partial charge in [0.1, 0.15) is 0 Å². The standard InChI is InChI=1S/C14H34N4/c1-3-12(8-16)5-14(10-18)6-13(9-17)4-11(2)7-15/h11-14H,3-10,15-18H2,1-2H3. The fourth-order valence-electron chi connectivity index (χ4n) is 2.61. The Kier molecular flexibility index (Phi) is 10.6. The van der Waals surface area contributed by atoms with Crippen molar-refractivity contribution in [2.24, 2.45) is 46.6 Å². The molecule has 8 N–H and O–H groups in total. The summed E-state index contributed by atoms with van der Waals surface area (Å²) >= 11 is 0. The van der Waals surface area contributed by atoms with Gasteiger partial charge >= 0.3 is 0 Å². The number of nitrogens with two attached hydrogens (primary N) is 4. The average molecular weight is 258 g/mol. The third-order valence-corrected chi connectivity index (χ3v) is 4.05. The second-order valence-electron chi connectivity index (χ2n) is 5.76. The molecular formula is C14H34N4. The first-order valence-corrected chi connectivity index (χ1v) is 7.41. The maximum Gasteiger partial charge on any atom is -0.00486 e. The van der Waals surface area contributed by atoms with Gasteiger partial charge in [0, 0.05) is 0 Å². The van der Waals surface area contributed by atoms with Crippen molar-refractivity contribution < 1.29 is 0 Å². The van der Waals surface area contributed by atoms with E-state index in [-0.39, 0.29) is 0 Å². The summed E-state index contributed by atoms with van der Waals surface area (Å²) in [6, 6.07) is 0. The van der Waals surface area contributed by atoms with Gasteiger partial charge in [-0.1, -0.05) is 20.3 Å². The number of rotatable bonds is 11.